The molecule has 1 saturated heterocycles. The SMILES string of the molecule is COc1cccc(-c2ccc3c(c2)[C@H]2[C@H](CCN2C(=O)Nc2ccccc2OC)[C@H](CO)N3C)c1. The van der Waals surface area contributed by atoms with Crippen LogP contribution in [0.15, 0.2) is 66.7 Å². The number of nitrogens with one attached hydrogen (secondary N) is 1. The summed E-state index contributed by atoms with van der Waals surface area (Å²) in [5.74, 6) is 1.55. The van der Waals surface area contributed by atoms with Crippen molar-refractivity contribution in [2.45, 2.75) is 18.5 Å². The molecule has 0 radical (unpaired) electrons. The van der Waals surface area contributed by atoms with Gasteiger partial charge in [-0.25, -0.2) is 4.79 Å². The fraction of sp³-hybridized carbons (Fsp3) is 0.321. The van der Waals surface area contributed by atoms with Crippen molar-refractivity contribution in [2.24, 2.45) is 5.92 Å². The molecule has 5 rings (SSSR count). The van der Waals surface area contributed by atoms with Gasteiger partial charge in [0.15, 0.2) is 0 Å². The lowest BCUT2D eigenvalue weighted by Gasteiger charge is -2.44. The molecular weight excluding hydrogens is 442 g/mol. The van der Waals surface area contributed by atoms with Crippen LogP contribution < -0.4 is 19.7 Å². The van der Waals surface area contributed by atoms with E-state index in [4.69, 9.17) is 9.47 Å². The molecule has 2 aliphatic heterocycles. The molecule has 3 aromatic rings. The molecule has 2 heterocycles. The number of nitrogens with zero attached hydrogens (tertiary/aromatic N) is 2. The molecule has 0 saturated carbocycles. The molecule has 0 spiro atoms. The number of anilines is 2. The van der Waals surface area contributed by atoms with Gasteiger partial charge in [0.2, 0.25) is 0 Å². The number of benzene rings is 3. The molecule has 0 aromatic heterocycles. The van der Waals surface area contributed by atoms with Crippen LogP contribution in [-0.4, -0.2) is 56.5 Å². The Balaban J connectivity index is 1.54. The van der Waals surface area contributed by atoms with E-state index in [0.717, 1.165) is 34.5 Å². The van der Waals surface area contributed by atoms with Crippen LogP contribution in [0.25, 0.3) is 11.1 Å². The first-order chi connectivity index (χ1) is 17.0. The smallest absolute Gasteiger partial charge is 0.322 e. The Labute approximate surface area is 205 Å². The quantitative estimate of drug-likeness (QED) is 0.558. The van der Waals surface area contributed by atoms with Gasteiger partial charge in [0, 0.05) is 25.2 Å². The van der Waals surface area contributed by atoms with E-state index in [1.165, 1.54) is 0 Å². The Hall–Kier alpha value is -3.71. The molecule has 0 aliphatic carbocycles. The Morgan fingerprint density at radius 1 is 1.03 bits per heavy atom. The molecule has 3 atom stereocenters. The van der Waals surface area contributed by atoms with Crippen LogP contribution in [0.5, 0.6) is 11.5 Å². The van der Waals surface area contributed by atoms with Crippen molar-refractivity contribution in [3.05, 3.63) is 72.3 Å². The summed E-state index contributed by atoms with van der Waals surface area (Å²) in [5, 5.41) is 13.3. The summed E-state index contributed by atoms with van der Waals surface area (Å²) in [6.45, 7) is 0.653. The highest BCUT2D eigenvalue weighted by molar-refractivity contribution is 5.92. The van der Waals surface area contributed by atoms with Gasteiger partial charge in [-0.2, -0.15) is 0 Å². The third kappa shape index (κ3) is 4.06. The average Bonchev–Trinajstić information content (AvgIpc) is 3.34. The van der Waals surface area contributed by atoms with Gasteiger partial charge in [-0.05, 0) is 59.5 Å². The number of methoxy groups -OCH3 is 2. The van der Waals surface area contributed by atoms with Crippen molar-refractivity contribution in [1.82, 2.24) is 4.90 Å². The highest BCUT2D eigenvalue weighted by Gasteiger charge is 2.47. The van der Waals surface area contributed by atoms with Gasteiger partial charge in [-0.3, -0.25) is 0 Å². The largest absolute Gasteiger partial charge is 0.497 e. The van der Waals surface area contributed by atoms with Gasteiger partial charge in [0.25, 0.3) is 0 Å². The van der Waals surface area contributed by atoms with E-state index in [0.29, 0.717) is 18.0 Å². The van der Waals surface area contributed by atoms with E-state index >= 15 is 0 Å². The minimum Gasteiger partial charge on any atom is -0.497 e. The van der Waals surface area contributed by atoms with E-state index in [-0.39, 0.29) is 30.6 Å². The van der Waals surface area contributed by atoms with E-state index in [9.17, 15) is 9.90 Å². The number of rotatable bonds is 5. The zero-order valence-electron chi connectivity index (χ0n) is 20.3. The predicted octanol–water partition coefficient (Wildman–Crippen LogP) is 4.78. The van der Waals surface area contributed by atoms with E-state index < -0.39 is 0 Å². The number of fused-ring (bicyclic) bond motifs is 3. The molecule has 7 heteroatoms. The van der Waals surface area contributed by atoms with Crippen molar-refractivity contribution in [3.63, 3.8) is 0 Å². The number of hydrogen-bond donors (Lipinski definition) is 2. The number of hydrogen-bond acceptors (Lipinski definition) is 5. The maximum absolute atomic E-state index is 13.5. The lowest BCUT2D eigenvalue weighted by molar-refractivity contribution is 0.168. The number of para-hydroxylation sites is 2. The number of ether oxygens (including phenoxy) is 2. The van der Waals surface area contributed by atoms with Crippen LogP contribution in [0.1, 0.15) is 18.0 Å². The van der Waals surface area contributed by atoms with Crippen molar-refractivity contribution in [3.8, 4) is 22.6 Å². The summed E-state index contributed by atoms with van der Waals surface area (Å²) in [6.07, 6.45) is 0.822. The van der Waals surface area contributed by atoms with Gasteiger partial charge in [-0.15, -0.1) is 0 Å². The topological polar surface area (TPSA) is 74.3 Å². The lowest BCUT2D eigenvalue weighted by Crippen LogP contribution is -2.48. The average molecular weight is 474 g/mol. The number of carbonyl (C=O) groups is 1. The minimum absolute atomic E-state index is 0.0384. The van der Waals surface area contributed by atoms with Gasteiger partial charge in [0.05, 0.1) is 38.6 Å². The Bertz CT molecular complexity index is 1230. The molecule has 2 aliphatic rings. The molecule has 3 aromatic carbocycles. The van der Waals surface area contributed by atoms with Crippen LogP contribution in [-0.2, 0) is 0 Å². The molecule has 1 fully saturated rings. The fourth-order valence-electron chi connectivity index (χ4n) is 5.60. The molecule has 0 unspecified atom stereocenters. The molecule has 2 N–H and O–H groups in total. The minimum atomic E-state index is -0.166. The maximum Gasteiger partial charge on any atom is 0.322 e. The van der Waals surface area contributed by atoms with Gasteiger partial charge >= 0.3 is 6.03 Å². The predicted molar refractivity (Wildman–Crippen MR) is 137 cm³/mol. The van der Waals surface area contributed by atoms with Gasteiger partial charge in [-0.1, -0.05) is 30.3 Å². The number of likely N-dealkylation sites (tertiary alicyclic amines) is 1. The van der Waals surface area contributed by atoms with E-state index in [1.807, 2.05) is 54.4 Å². The Kier molecular flexibility index (Phi) is 6.26. The summed E-state index contributed by atoms with van der Waals surface area (Å²) < 4.78 is 10.8. The monoisotopic (exact) mass is 473 g/mol. The number of carbonyl (C=O) groups excluding carboxylic acids is 1. The second kappa shape index (κ2) is 9.50. The second-order valence-corrected chi connectivity index (χ2v) is 9.09. The first-order valence-corrected chi connectivity index (χ1v) is 11.9. The molecule has 0 bridgehead atoms. The molecule has 35 heavy (non-hydrogen) atoms. The summed E-state index contributed by atoms with van der Waals surface area (Å²) in [6, 6.07) is 21.4. The van der Waals surface area contributed by atoms with Crippen molar-refractivity contribution in [1.29, 1.82) is 0 Å². The van der Waals surface area contributed by atoms with Gasteiger partial charge in [0.1, 0.15) is 11.5 Å². The molecule has 2 amide bonds. The van der Waals surface area contributed by atoms with Crippen molar-refractivity contribution < 1.29 is 19.4 Å². The van der Waals surface area contributed by atoms with Crippen LogP contribution in [0, 0.1) is 5.92 Å². The standard InChI is InChI=1S/C28H31N3O4/c1-30-24-12-11-19(18-7-6-8-20(15-18)34-2)16-22(24)27-21(25(30)17-32)13-14-31(27)28(33)29-23-9-4-5-10-26(23)35-3/h4-12,15-16,21,25,27,32H,13-14,17H2,1-3H3,(H,29,33)/t21-,25+,27-/m1/s1. The lowest BCUT2D eigenvalue weighted by atomic mass is 9.81. The second-order valence-electron chi connectivity index (χ2n) is 9.09. The van der Waals surface area contributed by atoms with Crippen molar-refractivity contribution in [2.75, 3.05) is 44.6 Å². The first-order valence-electron chi connectivity index (χ1n) is 11.9. The highest BCUT2D eigenvalue weighted by Crippen LogP contribution is 2.49. The van der Waals surface area contributed by atoms with E-state index in [2.05, 4.69) is 34.5 Å². The summed E-state index contributed by atoms with van der Waals surface area (Å²) >= 11 is 0. The van der Waals surface area contributed by atoms with Gasteiger partial charge < -0.3 is 29.7 Å². The third-order valence-electron chi connectivity index (χ3n) is 7.36. The number of amides is 2. The summed E-state index contributed by atoms with van der Waals surface area (Å²) in [4.78, 5) is 17.6. The van der Waals surface area contributed by atoms with Crippen molar-refractivity contribution >= 4 is 17.4 Å². The van der Waals surface area contributed by atoms with Crippen LogP contribution in [0.3, 0.4) is 0 Å². The first kappa shape index (κ1) is 23.1. The number of aliphatic hydroxyl groups excluding tert-OH is 1. The number of aliphatic hydroxyl groups is 1. The molecule has 182 valence electrons. The van der Waals surface area contributed by atoms with Crippen LogP contribution in [0.2, 0.25) is 0 Å². The number of urea groups is 1. The fourth-order valence-corrected chi connectivity index (χ4v) is 5.60. The summed E-state index contributed by atoms with van der Waals surface area (Å²) in [5.41, 5.74) is 4.89. The molecule has 7 nitrogen and oxygen atoms in total. The van der Waals surface area contributed by atoms with Crippen LogP contribution in [0.4, 0.5) is 16.2 Å². The third-order valence-corrected chi connectivity index (χ3v) is 7.36. The maximum atomic E-state index is 13.5. The Morgan fingerprint density at radius 2 is 1.83 bits per heavy atom. The summed E-state index contributed by atoms with van der Waals surface area (Å²) in [7, 11) is 5.28. The number of likely N-dealkylation sites (N-methyl/N-ethyl adjacent to an activating group) is 1. The van der Waals surface area contributed by atoms with Crippen LogP contribution >= 0.6 is 0 Å². The normalized spacial score (nSPS) is 20.7. The highest BCUT2D eigenvalue weighted by atomic mass is 16.5. The van der Waals surface area contributed by atoms with E-state index in [1.54, 1.807) is 14.2 Å². The zero-order valence-corrected chi connectivity index (χ0v) is 20.3. The molecular formula is C28H31N3O4. The zero-order chi connectivity index (χ0) is 24.5. The Morgan fingerprint density at radius 3 is 2.60 bits per heavy atom.